The van der Waals surface area contributed by atoms with Crippen LogP contribution < -0.4 is 0 Å². The second-order valence-electron chi connectivity index (χ2n) is 5.12. The number of hydrogen-bond donors (Lipinski definition) is 2. The van der Waals surface area contributed by atoms with Gasteiger partial charge in [0.25, 0.3) is 0 Å². The van der Waals surface area contributed by atoms with E-state index in [1.807, 2.05) is 6.07 Å². The van der Waals surface area contributed by atoms with E-state index in [4.69, 9.17) is 0 Å². The van der Waals surface area contributed by atoms with Gasteiger partial charge in [0.05, 0.1) is 0 Å². The molecule has 0 fully saturated rings. The van der Waals surface area contributed by atoms with Crippen molar-refractivity contribution in [3.63, 3.8) is 0 Å². The van der Waals surface area contributed by atoms with Crippen LogP contribution in [0.1, 0.15) is 45.1 Å². The zero-order valence-corrected chi connectivity index (χ0v) is 12.2. The van der Waals surface area contributed by atoms with Crippen molar-refractivity contribution < 1.29 is 10.2 Å². The lowest BCUT2D eigenvalue weighted by Crippen LogP contribution is -2.26. The van der Waals surface area contributed by atoms with Crippen molar-refractivity contribution >= 4 is 0 Å². The fraction of sp³-hybridized carbons (Fsp3) is 0.625. The number of hydrogen-bond acceptors (Lipinski definition) is 3. The zero-order chi connectivity index (χ0) is 14.1. The van der Waals surface area contributed by atoms with E-state index in [0.29, 0.717) is 0 Å². The van der Waals surface area contributed by atoms with Gasteiger partial charge in [0.15, 0.2) is 11.5 Å². The van der Waals surface area contributed by atoms with E-state index in [2.05, 4.69) is 18.7 Å². The lowest BCUT2D eigenvalue weighted by molar-refractivity contribution is 0.269. The molecule has 1 aromatic carbocycles. The second kappa shape index (κ2) is 8.81. The van der Waals surface area contributed by atoms with Crippen molar-refractivity contribution in [1.82, 2.24) is 4.90 Å². The maximum atomic E-state index is 9.43. The molecule has 19 heavy (non-hydrogen) atoms. The lowest BCUT2D eigenvalue weighted by Gasteiger charge is -2.20. The molecule has 3 nitrogen and oxygen atoms in total. The summed E-state index contributed by atoms with van der Waals surface area (Å²) in [5, 5.41) is 18.7. The van der Waals surface area contributed by atoms with Gasteiger partial charge in [-0.15, -0.1) is 0 Å². The number of phenolic OH excluding ortho intramolecular Hbond substituents is 2. The summed E-state index contributed by atoms with van der Waals surface area (Å²) >= 11 is 0. The molecule has 0 saturated carbocycles. The molecule has 0 spiro atoms. The Labute approximate surface area is 116 Å². The molecule has 0 saturated heterocycles. The number of aryl methyl sites for hydroxylation is 1. The van der Waals surface area contributed by atoms with Crippen molar-refractivity contribution in [2.75, 3.05) is 19.6 Å². The minimum absolute atomic E-state index is 0.0175. The first-order chi connectivity index (χ1) is 9.17. The molecule has 0 atom stereocenters. The van der Waals surface area contributed by atoms with Crippen molar-refractivity contribution in [2.45, 2.75) is 46.0 Å². The summed E-state index contributed by atoms with van der Waals surface area (Å²) in [6, 6.07) is 5.10. The Kier molecular flexibility index (Phi) is 7.34. The number of phenols is 2. The number of benzene rings is 1. The van der Waals surface area contributed by atoms with Gasteiger partial charge in [-0.2, -0.15) is 0 Å². The third-order valence-electron chi connectivity index (χ3n) is 3.31. The van der Waals surface area contributed by atoms with Crippen LogP contribution in [0.15, 0.2) is 18.2 Å². The fourth-order valence-electron chi connectivity index (χ4n) is 2.36. The third-order valence-corrected chi connectivity index (χ3v) is 3.31. The maximum Gasteiger partial charge on any atom is 0.157 e. The smallest absolute Gasteiger partial charge is 0.157 e. The normalized spacial score (nSPS) is 11.1. The Bertz CT molecular complexity index is 360. The summed E-state index contributed by atoms with van der Waals surface area (Å²) < 4.78 is 0. The van der Waals surface area contributed by atoms with Crippen molar-refractivity contribution in [3.8, 4) is 11.5 Å². The summed E-state index contributed by atoms with van der Waals surface area (Å²) in [4.78, 5) is 2.52. The van der Waals surface area contributed by atoms with Gasteiger partial charge in [-0.3, -0.25) is 0 Å². The summed E-state index contributed by atoms with van der Waals surface area (Å²) in [5.41, 5.74) is 1.09. The highest BCUT2D eigenvalue weighted by Crippen LogP contribution is 2.25. The zero-order valence-electron chi connectivity index (χ0n) is 12.2. The molecule has 0 aromatic heterocycles. The number of rotatable bonds is 9. The fourth-order valence-corrected chi connectivity index (χ4v) is 2.36. The molecular weight excluding hydrogens is 238 g/mol. The topological polar surface area (TPSA) is 43.7 Å². The minimum atomic E-state index is -0.0409. The van der Waals surface area contributed by atoms with Crippen LogP contribution in [0.25, 0.3) is 0 Å². The largest absolute Gasteiger partial charge is 0.504 e. The van der Waals surface area contributed by atoms with Gasteiger partial charge in [0.2, 0.25) is 0 Å². The van der Waals surface area contributed by atoms with E-state index in [9.17, 15) is 10.2 Å². The highest BCUT2D eigenvalue weighted by molar-refractivity contribution is 5.40. The molecule has 1 rings (SSSR count). The van der Waals surface area contributed by atoms with Gasteiger partial charge in [-0.05, 0) is 69.4 Å². The number of aromatic hydroxyl groups is 2. The summed E-state index contributed by atoms with van der Waals surface area (Å²) in [6.07, 6.45) is 5.69. The first-order valence-corrected chi connectivity index (χ1v) is 7.40. The van der Waals surface area contributed by atoms with E-state index in [-0.39, 0.29) is 11.5 Å². The molecule has 0 aliphatic rings. The van der Waals surface area contributed by atoms with E-state index in [1.54, 1.807) is 12.1 Å². The highest BCUT2D eigenvalue weighted by Gasteiger charge is 2.03. The number of nitrogens with zero attached hydrogens (tertiary/aromatic N) is 1. The monoisotopic (exact) mass is 265 g/mol. The van der Waals surface area contributed by atoms with Crippen LogP contribution in [0, 0.1) is 0 Å². The molecule has 0 bridgehead atoms. The summed E-state index contributed by atoms with van der Waals surface area (Å²) in [5.74, 6) is -0.0584. The summed E-state index contributed by atoms with van der Waals surface area (Å²) in [6.45, 7) is 7.98. The molecule has 1 aromatic rings. The SMILES string of the molecule is CCCN(CCC)CCCCc1ccc(O)c(O)c1. The lowest BCUT2D eigenvalue weighted by atomic mass is 10.1. The molecule has 108 valence electrons. The van der Waals surface area contributed by atoms with E-state index in [0.717, 1.165) is 24.9 Å². The van der Waals surface area contributed by atoms with Crippen LogP contribution in [-0.4, -0.2) is 34.7 Å². The molecule has 0 aliphatic carbocycles. The first-order valence-electron chi connectivity index (χ1n) is 7.40. The van der Waals surface area contributed by atoms with Crippen LogP contribution in [-0.2, 0) is 6.42 Å². The van der Waals surface area contributed by atoms with Crippen LogP contribution >= 0.6 is 0 Å². The van der Waals surface area contributed by atoms with Gasteiger partial charge < -0.3 is 15.1 Å². The maximum absolute atomic E-state index is 9.43. The van der Waals surface area contributed by atoms with Crippen LogP contribution in [0.4, 0.5) is 0 Å². The average Bonchev–Trinajstić information content (AvgIpc) is 2.39. The molecule has 3 heteroatoms. The quantitative estimate of drug-likeness (QED) is 0.530. The molecule has 0 amide bonds. The predicted molar refractivity (Wildman–Crippen MR) is 79.7 cm³/mol. The molecule has 2 N–H and O–H groups in total. The predicted octanol–water partition coefficient (Wildman–Crippen LogP) is 3.54. The van der Waals surface area contributed by atoms with Gasteiger partial charge in [0, 0.05) is 0 Å². The van der Waals surface area contributed by atoms with Gasteiger partial charge in [-0.1, -0.05) is 19.9 Å². The van der Waals surface area contributed by atoms with Crippen LogP contribution in [0.2, 0.25) is 0 Å². The molecular formula is C16H27NO2. The minimum Gasteiger partial charge on any atom is -0.504 e. The number of unbranched alkanes of at least 4 members (excludes halogenated alkanes) is 1. The summed E-state index contributed by atoms with van der Waals surface area (Å²) in [7, 11) is 0. The molecule has 0 heterocycles. The van der Waals surface area contributed by atoms with Gasteiger partial charge in [-0.25, -0.2) is 0 Å². The van der Waals surface area contributed by atoms with Gasteiger partial charge >= 0.3 is 0 Å². The van der Waals surface area contributed by atoms with Crippen molar-refractivity contribution in [3.05, 3.63) is 23.8 Å². The van der Waals surface area contributed by atoms with Crippen LogP contribution in [0.5, 0.6) is 11.5 Å². The Morgan fingerprint density at radius 1 is 0.895 bits per heavy atom. The Hall–Kier alpha value is -1.22. The molecule has 0 aliphatic heterocycles. The van der Waals surface area contributed by atoms with E-state index < -0.39 is 0 Å². The molecule has 0 radical (unpaired) electrons. The van der Waals surface area contributed by atoms with Crippen molar-refractivity contribution in [1.29, 1.82) is 0 Å². The highest BCUT2D eigenvalue weighted by atomic mass is 16.3. The second-order valence-corrected chi connectivity index (χ2v) is 5.12. The third kappa shape index (κ3) is 5.97. The Morgan fingerprint density at radius 3 is 2.16 bits per heavy atom. The average molecular weight is 265 g/mol. The Balaban J connectivity index is 2.27. The Morgan fingerprint density at radius 2 is 1.58 bits per heavy atom. The van der Waals surface area contributed by atoms with Crippen LogP contribution in [0.3, 0.4) is 0 Å². The standard InChI is InChI=1S/C16H27NO2/c1-3-10-17(11-4-2)12-6-5-7-14-8-9-15(18)16(19)13-14/h8-9,13,18-19H,3-7,10-12H2,1-2H3. The first kappa shape index (κ1) is 15.8. The van der Waals surface area contributed by atoms with Gasteiger partial charge in [0.1, 0.15) is 0 Å². The van der Waals surface area contributed by atoms with Crippen molar-refractivity contribution in [2.24, 2.45) is 0 Å². The van der Waals surface area contributed by atoms with E-state index in [1.165, 1.54) is 32.4 Å². The molecule has 0 unspecified atom stereocenters. The van der Waals surface area contributed by atoms with E-state index >= 15 is 0 Å².